The zero-order chi connectivity index (χ0) is 15.8. The van der Waals surface area contributed by atoms with Crippen molar-refractivity contribution in [1.29, 1.82) is 0 Å². The van der Waals surface area contributed by atoms with Crippen LogP contribution in [0.4, 0.5) is 0 Å². The molecule has 4 atom stereocenters. The van der Waals surface area contributed by atoms with Gasteiger partial charge in [-0.05, 0) is 18.0 Å². The Morgan fingerprint density at radius 1 is 1.52 bits per heavy atom. The Bertz CT molecular complexity index is 668. The zero-order valence-corrected chi connectivity index (χ0v) is 12.6. The number of hydrogen-bond donors (Lipinski definition) is 4. The summed E-state index contributed by atoms with van der Waals surface area (Å²) in [7, 11) is 0. The Kier molecular flexibility index (Phi) is 4.49. The molecule has 1 saturated heterocycles. The first-order valence-corrected chi connectivity index (χ1v) is 7.02. The van der Waals surface area contributed by atoms with Gasteiger partial charge in [0, 0.05) is 6.20 Å². The molecule has 1 aliphatic heterocycles. The Balaban J connectivity index is 2.50. The molecule has 0 radical (unpaired) electrons. The van der Waals surface area contributed by atoms with E-state index >= 15 is 0 Å². The first kappa shape index (κ1) is 16.1. The van der Waals surface area contributed by atoms with E-state index < -0.39 is 41.9 Å². The number of halogens is 1. The van der Waals surface area contributed by atoms with Gasteiger partial charge in [-0.3, -0.25) is 14.3 Å². The van der Waals surface area contributed by atoms with Crippen molar-refractivity contribution < 1.29 is 20.1 Å². The molecular formula is C12H15BrN2O6. The molecule has 116 valence electrons. The Morgan fingerprint density at radius 2 is 2.19 bits per heavy atom. The van der Waals surface area contributed by atoms with E-state index in [0.29, 0.717) is 0 Å². The molecule has 1 aliphatic rings. The van der Waals surface area contributed by atoms with Crippen molar-refractivity contribution in [3.05, 3.63) is 37.6 Å². The van der Waals surface area contributed by atoms with Gasteiger partial charge in [-0.25, -0.2) is 4.79 Å². The summed E-state index contributed by atoms with van der Waals surface area (Å²) < 4.78 is 6.39. The van der Waals surface area contributed by atoms with Crippen LogP contribution in [0.25, 0.3) is 6.08 Å². The van der Waals surface area contributed by atoms with Gasteiger partial charge in [0.15, 0.2) is 6.23 Å². The number of rotatable bonds is 3. The van der Waals surface area contributed by atoms with Crippen LogP contribution >= 0.6 is 15.9 Å². The summed E-state index contributed by atoms with van der Waals surface area (Å²) in [6.07, 6.45) is -1.39. The van der Waals surface area contributed by atoms with Crippen molar-refractivity contribution in [1.82, 2.24) is 9.55 Å². The number of nitrogens with zero attached hydrogens (tertiary/aromatic N) is 1. The molecule has 2 heterocycles. The van der Waals surface area contributed by atoms with Gasteiger partial charge in [0.1, 0.15) is 17.8 Å². The lowest BCUT2D eigenvalue weighted by Crippen LogP contribution is -2.43. The topological polar surface area (TPSA) is 125 Å². The van der Waals surface area contributed by atoms with E-state index in [1.165, 1.54) is 24.2 Å². The normalized spacial score (nSPS) is 32.9. The molecule has 0 amide bonds. The molecule has 0 saturated carbocycles. The molecule has 0 unspecified atom stereocenters. The van der Waals surface area contributed by atoms with Gasteiger partial charge in [0.25, 0.3) is 5.56 Å². The van der Waals surface area contributed by atoms with E-state index in [4.69, 9.17) is 4.74 Å². The van der Waals surface area contributed by atoms with Gasteiger partial charge >= 0.3 is 5.69 Å². The molecule has 0 aromatic carbocycles. The fourth-order valence-corrected chi connectivity index (χ4v) is 2.45. The third-order valence-corrected chi connectivity index (χ3v) is 3.72. The molecule has 0 bridgehead atoms. The number of aliphatic hydroxyl groups is 3. The molecular weight excluding hydrogens is 348 g/mol. The second-order valence-electron chi connectivity index (χ2n) is 4.96. The van der Waals surface area contributed by atoms with Crippen LogP contribution < -0.4 is 11.2 Å². The maximum Gasteiger partial charge on any atom is 0.330 e. The monoisotopic (exact) mass is 362 g/mol. The van der Waals surface area contributed by atoms with Crippen molar-refractivity contribution >= 4 is 22.0 Å². The quantitative estimate of drug-likeness (QED) is 0.541. The molecule has 1 fully saturated rings. The van der Waals surface area contributed by atoms with Crippen LogP contribution in [0.1, 0.15) is 18.7 Å². The van der Waals surface area contributed by atoms with Gasteiger partial charge < -0.3 is 20.1 Å². The number of aromatic amines is 1. The minimum Gasteiger partial charge on any atom is -0.393 e. The largest absolute Gasteiger partial charge is 0.393 e. The third kappa shape index (κ3) is 2.74. The highest BCUT2D eigenvalue weighted by atomic mass is 79.9. The van der Waals surface area contributed by atoms with E-state index in [-0.39, 0.29) is 5.56 Å². The average Bonchev–Trinajstić information content (AvgIpc) is 2.67. The Labute approximate surface area is 127 Å². The minimum atomic E-state index is -1.42. The highest BCUT2D eigenvalue weighted by Gasteiger charge is 2.51. The number of ether oxygens (including phenoxy) is 1. The van der Waals surface area contributed by atoms with Gasteiger partial charge in [0.05, 0.1) is 12.2 Å². The Morgan fingerprint density at radius 3 is 2.71 bits per heavy atom. The molecule has 8 nitrogen and oxygen atoms in total. The summed E-state index contributed by atoms with van der Waals surface area (Å²) in [5.74, 6) is 0. The van der Waals surface area contributed by atoms with Gasteiger partial charge in [0.2, 0.25) is 0 Å². The molecule has 2 rings (SSSR count). The lowest BCUT2D eigenvalue weighted by Gasteiger charge is -2.24. The van der Waals surface area contributed by atoms with Crippen LogP contribution in [0.2, 0.25) is 0 Å². The lowest BCUT2D eigenvalue weighted by molar-refractivity contribution is -0.117. The first-order valence-electron chi connectivity index (χ1n) is 6.11. The average molecular weight is 363 g/mol. The molecule has 0 aliphatic carbocycles. The molecule has 0 spiro atoms. The molecule has 1 aromatic rings. The van der Waals surface area contributed by atoms with E-state index in [0.717, 1.165) is 4.57 Å². The lowest BCUT2D eigenvalue weighted by atomic mass is 9.99. The van der Waals surface area contributed by atoms with Crippen molar-refractivity contribution in [2.45, 2.75) is 31.0 Å². The number of aliphatic hydroxyl groups excluding tert-OH is 3. The number of aromatic nitrogens is 2. The predicted octanol–water partition coefficient (Wildman–Crippen LogP) is -1.10. The SMILES string of the molecule is C[C@]1(CO)O[C@@H](n2cc(/C=C/Br)c(=O)[nH]c2=O)[C@@H](O)[C@@H]1O. The number of H-pyrrole nitrogens is 1. The second kappa shape index (κ2) is 5.85. The Hall–Kier alpha value is -1.26. The predicted molar refractivity (Wildman–Crippen MR) is 76.9 cm³/mol. The summed E-state index contributed by atoms with van der Waals surface area (Å²) in [5, 5.41) is 29.2. The standard InChI is InChI=1S/C12H15BrN2O6/c1-12(5-16)8(18)7(17)10(21-12)15-4-6(2-3-13)9(19)14-11(15)20/h2-4,7-8,10,16-18H,5H2,1H3,(H,14,19,20)/b3-2+/t7-,8-,10+,12+/m0/s1. The van der Waals surface area contributed by atoms with Crippen LogP contribution in [0.15, 0.2) is 20.8 Å². The van der Waals surface area contributed by atoms with Crippen LogP contribution in [0, 0.1) is 0 Å². The smallest absolute Gasteiger partial charge is 0.330 e. The molecule has 4 N–H and O–H groups in total. The van der Waals surface area contributed by atoms with E-state index in [1.54, 1.807) is 0 Å². The minimum absolute atomic E-state index is 0.161. The van der Waals surface area contributed by atoms with Crippen LogP contribution in [-0.4, -0.2) is 49.3 Å². The zero-order valence-electron chi connectivity index (χ0n) is 11.1. The number of hydrogen-bond acceptors (Lipinski definition) is 6. The summed E-state index contributed by atoms with van der Waals surface area (Å²) in [4.78, 5) is 27.0. The van der Waals surface area contributed by atoms with Crippen molar-refractivity contribution in [3.8, 4) is 0 Å². The summed E-state index contributed by atoms with van der Waals surface area (Å²) in [6.45, 7) is 0.880. The molecule has 9 heteroatoms. The molecule has 21 heavy (non-hydrogen) atoms. The van der Waals surface area contributed by atoms with Gasteiger partial charge in [-0.15, -0.1) is 0 Å². The first-order chi connectivity index (χ1) is 9.84. The van der Waals surface area contributed by atoms with Gasteiger partial charge in [-0.1, -0.05) is 15.9 Å². The second-order valence-corrected chi connectivity index (χ2v) is 5.49. The fraction of sp³-hybridized carbons (Fsp3) is 0.500. The van der Waals surface area contributed by atoms with Gasteiger partial charge in [-0.2, -0.15) is 0 Å². The highest BCUT2D eigenvalue weighted by Crippen LogP contribution is 2.35. The van der Waals surface area contributed by atoms with E-state index in [9.17, 15) is 24.9 Å². The highest BCUT2D eigenvalue weighted by molar-refractivity contribution is 9.11. The maximum atomic E-state index is 11.9. The summed E-state index contributed by atoms with van der Waals surface area (Å²) in [5.41, 5.74) is -2.62. The summed E-state index contributed by atoms with van der Waals surface area (Å²) >= 11 is 3.02. The van der Waals surface area contributed by atoms with Crippen molar-refractivity contribution in [3.63, 3.8) is 0 Å². The van der Waals surface area contributed by atoms with E-state index in [2.05, 4.69) is 20.9 Å². The maximum absolute atomic E-state index is 11.9. The summed E-state index contributed by atoms with van der Waals surface area (Å²) in [6, 6.07) is 0. The third-order valence-electron chi connectivity index (χ3n) is 3.46. The van der Waals surface area contributed by atoms with Crippen LogP contribution in [0.3, 0.4) is 0 Å². The van der Waals surface area contributed by atoms with E-state index in [1.807, 2.05) is 0 Å². The van der Waals surface area contributed by atoms with Crippen molar-refractivity contribution in [2.75, 3.05) is 6.61 Å². The van der Waals surface area contributed by atoms with Crippen LogP contribution in [0.5, 0.6) is 0 Å². The van der Waals surface area contributed by atoms with Crippen molar-refractivity contribution in [2.24, 2.45) is 0 Å². The molecule has 1 aromatic heterocycles. The fourth-order valence-electron chi connectivity index (χ4n) is 2.16. The number of nitrogens with one attached hydrogen (secondary N) is 1. The van der Waals surface area contributed by atoms with Crippen LogP contribution in [-0.2, 0) is 4.74 Å².